The summed E-state index contributed by atoms with van der Waals surface area (Å²) in [5.74, 6) is 0. The predicted molar refractivity (Wildman–Crippen MR) is 114 cm³/mol. The van der Waals surface area contributed by atoms with E-state index in [1.165, 1.54) is 0 Å². The number of rotatable bonds is 17. The highest BCUT2D eigenvalue weighted by Gasteiger charge is 2.46. The maximum absolute atomic E-state index is 6.35. The van der Waals surface area contributed by atoms with Gasteiger partial charge < -0.3 is 23.7 Å². The molecule has 5 nitrogen and oxygen atoms in total. The first-order chi connectivity index (χ1) is 13.7. The van der Waals surface area contributed by atoms with Gasteiger partial charge in [-0.05, 0) is 32.6 Å². The van der Waals surface area contributed by atoms with Crippen molar-refractivity contribution in [3.8, 4) is 0 Å². The molecule has 1 unspecified atom stereocenters. The molecule has 1 aliphatic heterocycles. The van der Waals surface area contributed by atoms with Gasteiger partial charge in [0, 0.05) is 26.4 Å². The molecular weight excluding hydrogens is 356 g/mol. The van der Waals surface area contributed by atoms with E-state index in [0.29, 0.717) is 6.61 Å². The minimum atomic E-state index is -0.146. The average molecular weight is 403 g/mol. The first kappa shape index (κ1) is 25.8. The molecule has 0 N–H and O–H groups in total. The zero-order chi connectivity index (χ0) is 20.6. The highest BCUT2D eigenvalue weighted by molar-refractivity contribution is 4.94. The van der Waals surface area contributed by atoms with Gasteiger partial charge in [-0.25, -0.2) is 0 Å². The van der Waals surface area contributed by atoms with E-state index in [4.69, 9.17) is 23.7 Å². The lowest BCUT2D eigenvalue weighted by Crippen LogP contribution is -2.60. The topological polar surface area (TPSA) is 46.2 Å². The Morgan fingerprint density at radius 1 is 0.607 bits per heavy atom. The zero-order valence-electron chi connectivity index (χ0n) is 19.1. The van der Waals surface area contributed by atoms with Crippen LogP contribution in [0.5, 0.6) is 0 Å². The maximum Gasteiger partial charge on any atom is 0.115 e. The third kappa shape index (κ3) is 9.53. The standard InChI is InChI=1S/C23H46O5/c1-6-10-14-24-18-20-22(26-16-12-8-3)23(27-17-13-9-4)21(19(5)28-20)25-15-11-7-2/h19-23H,6-18H2,1-5H3/t19?,20-,21+,22-,23-/m1/s1. The van der Waals surface area contributed by atoms with Crippen molar-refractivity contribution in [2.24, 2.45) is 0 Å². The van der Waals surface area contributed by atoms with E-state index in [1.807, 2.05) is 0 Å². The number of hydrogen-bond acceptors (Lipinski definition) is 5. The van der Waals surface area contributed by atoms with Crippen LogP contribution in [0.3, 0.4) is 0 Å². The van der Waals surface area contributed by atoms with Crippen molar-refractivity contribution in [1.82, 2.24) is 0 Å². The van der Waals surface area contributed by atoms with Crippen LogP contribution in [0.1, 0.15) is 86.0 Å². The molecule has 5 heteroatoms. The zero-order valence-corrected chi connectivity index (χ0v) is 19.1. The summed E-state index contributed by atoms with van der Waals surface area (Å²) in [7, 11) is 0. The number of unbranched alkanes of at least 4 members (excludes halogenated alkanes) is 4. The Balaban J connectivity index is 2.84. The third-order valence-electron chi connectivity index (χ3n) is 5.22. The fourth-order valence-electron chi connectivity index (χ4n) is 3.39. The van der Waals surface area contributed by atoms with Crippen LogP contribution in [0.15, 0.2) is 0 Å². The summed E-state index contributed by atoms with van der Waals surface area (Å²) in [5, 5.41) is 0. The number of ether oxygens (including phenoxy) is 5. The van der Waals surface area contributed by atoms with Gasteiger partial charge in [0.05, 0.1) is 12.7 Å². The van der Waals surface area contributed by atoms with Crippen molar-refractivity contribution in [2.75, 3.05) is 33.0 Å². The van der Waals surface area contributed by atoms with Crippen molar-refractivity contribution in [3.63, 3.8) is 0 Å². The SMILES string of the molecule is CCCCOC[C@H]1OC(C)[C@H](OCCCC)[C@@H](OCCCC)[C@@H]1OCCCC. The monoisotopic (exact) mass is 402 g/mol. The fourth-order valence-corrected chi connectivity index (χ4v) is 3.39. The number of hydrogen-bond donors (Lipinski definition) is 0. The Morgan fingerprint density at radius 3 is 1.61 bits per heavy atom. The van der Waals surface area contributed by atoms with E-state index in [1.54, 1.807) is 0 Å². The summed E-state index contributed by atoms with van der Waals surface area (Å²) in [5.41, 5.74) is 0. The van der Waals surface area contributed by atoms with Crippen molar-refractivity contribution < 1.29 is 23.7 Å². The van der Waals surface area contributed by atoms with Gasteiger partial charge in [0.2, 0.25) is 0 Å². The Morgan fingerprint density at radius 2 is 1.07 bits per heavy atom. The molecule has 0 radical (unpaired) electrons. The van der Waals surface area contributed by atoms with Gasteiger partial charge >= 0.3 is 0 Å². The van der Waals surface area contributed by atoms with E-state index in [-0.39, 0.29) is 30.5 Å². The maximum atomic E-state index is 6.35. The predicted octanol–water partition coefficient (Wildman–Crippen LogP) is 5.15. The van der Waals surface area contributed by atoms with Crippen LogP contribution in [0.2, 0.25) is 0 Å². The lowest BCUT2D eigenvalue weighted by molar-refractivity contribution is -0.262. The van der Waals surface area contributed by atoms with Crippen molar-refractivity contribution in [1.29, 1.82) is 0 Å². The molecule has 0 aromatic heterocycles. The molecule has 0 bridgehead atoms. The Labute approximate surface area is 173 Å². The van der Waals surface area contributed by atoms with Gasteiger partial charge in [-0.1, -0.05) is 53.4 Å². The summed E-state index contributed by atoms with van der Waals surface area (Å²) in [4.78, 5) is 0. The Kier molecular flexibility index (Phi) is 15.3. The van der Waals surface area contributed by atoms with Crippen LogP contribution >= 0.6 is 0 Å². The summed E-state index contributed by atoms with van der Waals surface area (Å²) >= 11 is 0. The molecular formula is C23H46O5. The molecule has 0 aromatic rings. The summed E-state index contributed by atoms with van der Waals surface area (Å²) in [6.07, 6.45) is 8.20. The molecule has 0 spiro atoms. The van der Waals surface area contributed by atoms with Gasteiger partial charge in [-0.15, -0.1) is 0 Å². The van der Waals surface area contributed by atoms with Gasteiger partial charge in [0.1, 0.15) is 24.4 Å². The van der Waals surface area contributed by atoms with Crippen LogP contribution in [0, 0.1) is 0 Å². The molecule has 28 heavy (non-hydrogen) atoms. The highest BCUT2D eigenvalue weighted by atomic mass is 16.6. The average Bonchev–Trinajstić information content (AvgIpc) is 2.69. The second-order valence-electron chi connectivity index (χ2n) is 7.88. The summed E-state index contributed by atoms with van der Waals surface area (Å²) < 4.78 is 31.1. The van der Waals surface area contributed by atoms with Crippen LogP contribution in [-0.4, -0.2) is 63.6 Å². The second-order valence-corrected chi connectivity index (χ2v) is 7.88. The van der Waals surface area contributed by atoms with E-state index in [9.17, 15) is 0 Å². The van der Waals surface area contributed by atoms with E-state index in [2.05, 4.69) is 34.6 Å². The lowest BCUT2D eigenvalue weighted by Gasteiger charge is -2.45. The summed E-state index contributed by atoms with van der Waals surface area (Å²) in [6, 6.07) is 0. The fraction of sp³-hybridized carbons (Fsp3) is 1.00. The van der Waals surface area contributed by atoms with E-state index >= 15 is 0 Å². The molecule has 0 aromatic carbocycles. The minimum absolute atomic E-state index is 0.0331. The Hall–Kier alpha value is -0.200. The van der Waals surface area contributed by atoms with Crippen molar-refractivity contribution in [3.05, 3.63) is 0 Å². The van der Waals surface area contributed by atoms with Gasteiger partial charge in [-0.2, -0.15) is 0 Å². The lowest BCUT2D eigenvalue weighted by atomic mass is 9.95. The minimum Gasteiger partial charge on any atom is -0.379 e. The van der Waals surface area contributed by atoms with Crippen LogP contribution in [0.4, 0.5) is 0 Å². The first-order valence-corrected chi connectivity index (χ1v) is 11.8. The van der Waals surface area contributed by atoms with Crippen molar-refractivity contribution in [2.45, 2.75) is 117 Å². The molecule has 0 aliphatic carbocycles. The summed E-state index contributed by atoms with van der Waals surface area (Å²) in [6.45, 7) is 14.3. The molecule has 5 atom stereocenters. The molecule has 1 heterocycles. The Bertz CT molecular complexity index is 352. The second kappa shape index (κ2) is 16.6. The first-order valence-electron chi connectivity index (χ1n) is 11.8. The van der Waals surface area contributed by atoms with Crippen molar-refractivity contribution >= 4 is 0 Å². The molecule has 0 saturated carbocycles. The third-order valence-corrected chi connectivity index (χ3v) is 5.22. The van der Waals surface area contributed by atoms with Gasteiger partial charge in [0.25, 0.3) is 0 Å². The quantitative estimate of drug-likeness (QED) is 0.315. The molecule has 168 valence electrons. The van der Waals surface area contributed by atoms with Gasteiger partial charge in [0.15, 0.2) is 0 Å². The molecule has 1 saturated heterocycles. The highest BCUT2D eigenvalue weighted by Crippen LogP contribution is 2.29. The largest absolute Gasteiger partial charge is 0.379 e. The van der Waals surface area contributed by atoms with Gasteiger partial charge in [-0.3, -0.25) is 0 Å². The van der Waals surface area contributed by atoms with E-state index in [0.717, 1.165) is 77.8 Å². The van der Waals surface area contributed by atoms with Crippen LogP contribution in [-0.2, 0) is 23.7 Å². The molecule has 1 fully saturated rings. The van der Waals surface area contributed by atoms with E-state index < -0.39 is 0 Å². The smallest absolute Gasteiger partial charge is 0.115 e. The molecule has 1 rings (SSSR count). The van der Waals surface area contributed by atoms with Crippen LogP contribution in [0.25, 0.3) is 0 Å². The molecule has 0 amide bonds. The molecule has 1 aliphatic rings. The normalized spacial score (nSPS) is 28.0. The van der Waals surface area contributed by atoms with Crippen LogP contribution < -0.4 is 0 Å².